The summed E-state index contributed by atoms with van der Waals surface area (Å²) in [5.41, 5.74) is 2.21. The number of carbonyl (C=O) groups is 1. The topological polar surface area (TPSA) is 48.1 Å². The van der Waals surface area contributed by atoms with Crippen LogP contribution >= 0.6 is 0 Å². The fraction of sp³-hybridized carbons (Fsp3) is 0.773. The normalized spacial score (nSPS) is 45.2. The van der Waals surface area contributed by atoms with Crippen molar-refractivity contribution < 1.29 is 19.0 Å². The fourth-order valence-corrected chi connectivity index (χ4v) is 4.49. The zero-order chi connectivity index (χ0) is 18.9. The molecule has 0 aliphatic carbocycles. The third-order valence-corrected chi connectivity index (χ3v) is 6.41. The van der Waals surface area contributed by atoms with Crippen molar-refractivity contribution in [2.24, 2.45) is 5.92 Å². The number of allylic oxidation sites excluding steroid dienone is 3. The van der Waals surface area contributed by atoms with Crippen molar-refractivity contribution in [1.82, 2.24) is 0 Å². The number of hydrogen-bond acceptors (Lipinski definition) is 4. The van der Waals surface area contributed by atoms with Gasteiger partial charge in [-0.2, -0.15) is 0 Å². The van der Waals surface area contributed by atoms with Crippen molar-refractivity contribution in [3.05, 3.63) is 23.3 Å². The molecule has 146 valence electrons. The SMILES string of the molecule is CC(=O)OC1CC/C(C)=C/CC/C(C)=C/C2OC1(C)CCC2C1(C)CO1. The Kier molecular flexibility index (Phi) is 5.64. The molecule has 0 aromatic rings. The minimum Gasteiger partial charge on any atom is -0.459 e. The smallest absolute Gasteiger partial charge is 0.303 e. The Labute approximate surface area is 158 Å². The number of epoxide rings is 1. The Balaban J connectivity index is 1.91. The van der Waals surface area contributed by atoms with Crippen molar-refractivity contribution in [2.45, 2.75) is 96.6 Å². The molecule has 0 spiro atoms. The highest BCUT2D eigenvalue weighted by atomic mass is 16.6. The van der Waals surface area contributed by atoms with Gasteiger partial charge in [-0.1, -0.05) is 23.3 Å². The van der Waals surface area contributed by atoms with E-state index in [2.05, 4.69) is 39.8 Å². The van der Waals surface area contributed by atoms with E-state index in [0.717, 1.165) is 45.1 Å². The molecule has 3 rings (SSSR count). The van der Waals surface area contributed by atoms with Gasteiger partial charge in [0.15, 0.2) is 0 Å². The van der Waals surface area contributed by atoms with Crippen molar-refractivity contribution in [1.29, 1.82) is 0 Å². The highest BCUT2D eigenvalue weighted by molar-refractivity contribution is 5.66. The van der Waals surface area contributed by atoms with Crippen molar-refractivity contribution in [3.8, 4) is 0 Å². The Bertz CT molecular complexity index is 601. The Morgan fingerprint density at radius 1 is 1.15 bits per heavy atom. The summed E-state index contributed by atoms with van der Waals surface area (Å²) >= 11 is 0. The Hall–Kier alpha value is -1.13. The first-order valence-electron chi connectivity index (χ1n) is 10.0. The summed E-state index contributed by atoms with van der Waals surface area (Å²) in [5.74, 6) is 0.139. The molecule has 5 atom stereocenters. The molecule has 3 aliphatic heterocycles. The minimum absolute atomic E-state index is 0.0174. The third-order valence-electron chi connectivity index (χ3n) is 6.41. The van der Waals surface area contributed by atoms with E-state index in [4.69, 9.17) is 14.2 Å². The summed E-state index contributed by atoms with van der Waals surface area (Å²) in [6, 6.07) is 0. The molecule has 0 N–H and O–H groups in total. The van der Waals surface area contributed by atoms with Gasteiger partial charge >= 0.3 is 5.97 Å². The van der Waals surface area contributed by atoms with Crippen LogP contribution in [0.2, 0.25) is 0 Å². The number of fused-ring (bicyclic) bond motifs is 2. The van der Waals surface area contributed by atoms with Gasteiger partial charge in [-0.05, 0) is 66.2 Å². The van der Waals surface area contributed by atoms with E-state index in [0.29, 0.717) is 5.92 Å². The maximum atomic E-state index is 11.7. The lowest BCUT2D eigenvalue weighted by atomic mass is 9.76. The van der Waals surface area contributed by atoms with Crippen molar-refractivity contribution in [2.75, 3.05) is 6.61 Å². The number of esters is 1. The largest absolute Gasteiger partial charge is 0.459 e. The highest BCUT2D eigenvalue weighted by Crippen LogP contribution is 2.48. The second-order valence-electron chi connectivity index (χ2n) is 8.88. The van der Waals surface area contributed by atoms with Crippen LogP contribution in [0.4, 0.5) is 0 Å². The van der Waals surface area contributed by atoms with Crippen LogP contribution in [0.1, 0.15) is 73.1 Å². The van der Waals surface area contributed by atoms with Crippen LogP contribution in [0.3, 0.4) is 0 Å². The fourth-order valence-electron chi connectivity index (χ4n) is 4.49. The molecule has 0 radical (unpaired) electrons. The second kappa shape index (κ2) is 7.47. The molecule has 26 heavy (non-hydrogen) atoms. The lowest BCUT2D eigenvalue weighted by Crippen LogP contribution is -2.53. The molecule has 0 aromatic carbocycles. The minimum atomic E-state index is -0.450. The Morgan fingerprint density at radius 3 is 2.54 bits per heavy atom. The molecule has 5 unspecified atom stereocenters. The van der Waals surface area contributed by atoms with Crippen LogP contribution in [0.15, 0.2) is 23.3 Å². The zero-order valence-corrected chi connectivity index (χ0v) is 17.0. The summed E-state index contributed by atoms with van der Waals surface area (Å²) in [7, 11) is 0. The van der Waals surface area contributed by atoms with Gasteiger partial charge in [0, 0.05) is 12.8 Å². The molecule has 0 aromatic heterocycles. The lowest BCUT2D eigenvalue weighted by molar-refractivity contribution is -0.202. The highest BCUT2D eigenvalue weighted by Gasteiger charge is 2.55. The summed E-state index contributed by atoms with van der Waals surface area (Å²) in [6.45, 7) is 11.0. The van der Waals surface area contributed by atoms with Crippen LogP contribution in [0.25, 0.3) is 0 Å². The average Bonchev–Trinajstić information content (AvgIpc) is 3.28. The maximum absolute atomic E-state index is 11.7. The number of carbonyl (C=O) groups excluding carboxylic acids is 1. The van der Waals surface area contributed by atoms with Gasteiger partial charge in [0.2, 0.25) is 0 Å². The van der Waals surface area contributed by atoms with E-state index in [1.165, 1.54) is 18.1 Å². The molecule has 3 aliphatic rings. The van der Waals surface area contributed by atoms with E-state index in [1.807, 2.05) is 0 Å². The molecule has 2 saturated heterocycles. The molecule has 2 fully saturated rings. The van der Waals surface area contributed by atoms with E-state index in [1.54, 1.807) is 0 Å². The third kappa shape index (κ3) is 4.40. The second-order valence-corrected chi connectivity index (χ2v) is 8.88. The van der Waals surface area contributed by atoms with Crippen LogP contribution in [-0.2, 0) is 19.0 Å². The van der Waals surface area contributed by atoms with Crippen LogP contribution in [-0.4, -0.2) is 36.0 Å². The quantitative estimate of drug-likeness (QED) is 0.405. The van der Waals surface area contributed by atoms with Gasteiger partial charge in [-0.25, -0.2) is 0 Å². The summed E-state index contributed by atoms with van der Waals surface area (Å²) < 4.78 is 18.2. The van der Waals surface area contributed by atoms with Crippen LogP contribution in [0, 0.1) is 5.92 Å². The summed E-state index contributed by atoms with van der Waals surface area (Å²) in [5, 5.41) is 0. The van der Waals surface area contributed by atoms with Crippen LogP contribution < -0.4 is 0 Å². The van der Waals surface area contributed by atoms with Gasteiger partial charge < -0.3 is 14.2 Å². The van der Waals surface area contributed by atoms with Crippen molar-refractivity contribution >= 4 is 5.97 Å². The molecule has 4 nitrogen and oxygen atoms in total. The molecule has 3 heterocycles. The molecule has 0 amide bonds. The first-order valence-corrected chi connectivity index (χ1v) is 10.0. The molecule has 2 bridgehead atoms. The summed E-state index contributed by atoms with van der Waals surface area (Å²) in [6.07, 6.45) is 10.2. The van der Waals surface area contributed by atoms with Gasteiger partial charge in [-0.3, -0.25) is 4.79 Å². The number of hydrogen-bond donors (Lipinski definition) is 0. The van der Waals surface area contributed by atoms with Crippen LogP contribution in [0.5, 0.6) is 0 Å². The standard InChI is InChI=1S/C22H34O4/c1-15-7-6-8-16(2)13-19-18(22(5)14-24-22)11-12-21(4,26-19)20(10-9-15)25-17(3)23/h7,13,18-20H,6,8-12,14H2,1-5H3/b15-7+,16-13+. The first kappa shape index (κ1) is 19.6. The van der Waals surface area contributed by atoms with Crippen molar-refractivity contribution in [3.63, 3.8) is 0 Å². The number of rotatable bonds is 2. The van der Waals surface area contributed by atoms with Gasteiger partial charge in [0.25, 0.3) is 0 Å². The number of ether oxygens (including phenoxy) is 3. The monoisotopic (exact) mass is 362 g/mol. The summed E-state index contributed by atoms with van der Waals surface area (Å²) in [4.78, 5) is 11.7. The van der Waals surface area contributed by atoms with Gasteiger partial charge in [0.1, 0.15) is 11.7 Å². The zero-order valence-electron chi connectivity index (χ0n) is 17.0. The predicted octanol–water partition coefficient (Wildman–Crippen LogP) is 4.73. The van der Waals surface area contributed by atoms with E-state index < -0.39 is 5.60 Å². The average molecular weight is 363 g/mol. The van der Waals surface area contributed by atoms with E-state index in [-0.39, 0.29) is 23.8 Å². The van der Waals surface area contributed by atoms with Gasteiger partial charge in [0.05, 0.1) is 18.3 Å². The van der Waals surface area contributed by atoms with E-state index in [9.17, 15) is 4.79 Å². The predicted molar refractivity (Wildman–Crippen MR) is 102 cm³/mol. The molecule has 4 heteroatoms. The lowest BCUT2D eigenvalue weighted by Gasteiger charge is -2.47. The van der Waals surface area contributed by atoms with E-state index >= 15 is 0 Å². The molecule has 0 saturated carbocycles. The molecular formula is C22H34O4. The van der Waals surface area contributed by atoms with Gasteiger partial charge in [-0.15, -0.1) is 0 Å². The Morgan fingerprint density at radius 2 is 1.88 bits per heavy atom. The molecular weight excluding hydrogens is 328 g/mol. The maximum Gasteiger partial charge on any atom is 0.303 e. The first-order chi connectivity index (χ1) is 12.2.